The van der Waals surface area contributed by atoms with Crippen LogP contribution in [0.4, 0.5) is 5.69 Å². The molecule has 1 N–H and O–H groups in total. The third-order valence-electron chi connectivity index (χ3n) is 4.28. The average Bonchev–Trinajstić information content (AvgIpc) is 3.20. The van der Waals surface area contributed by atoms with E-state index in [0.29, 0.717) is 16.3 Å². The molecule has 0 radical (unpaired) electrons. The number of nitrogens with one attached hydrogen (secondary N) is 1. The van der Waals surface area contributed by atoms with E-state index in [2.05, 4.69) is 14.9 Å². The zero-order valence-electron chi connectivity index (χ0n) is 17.2. The Balaban J connectivity index is 2.18. The summed E-state index contributed by atoms with van der Waals surface area (Å²) in [6, 6.07) is 13.5. The van der Waals surface area contributed by atoms with Crippen LogP contribution in [0.1, 0.15) is 48.4 Å². The Labute approximate surface area is 185 Å². The van der Waals surface area contributed by atoms with Crippen LogP contribution in [-0.2, 0) is 4.79 Å². The van der Waals surface area contributed by atoms with Crippen LogP contribution in [-0.4, -0.2) is 26.9 Å². The van der Waals surface area contributed by atoms with E-state index in [1.54, 1.807) is 29.6 Å². The Kier molecular flexibility index (Phi) is 6.53. The van der Waals surface area contributed by atoms with Crippen molar-refractivity contribution in [2.75, 3.05) is 4.90 Å². The summed E-state index contributed by atoms with van der Waals surface area (Å²) in [7, 11) is 0. The minimum absolute atomic E-state index is 0.167. The average molecular weight is 443 g/mol. The Bertz CT molecular complexity index is 1030. The fourth-order valence-electron chi connectivity index (χ4n) is 3.00. The molecule has 0 fully saturated rings. The number of halogens is 1. The van der Waals surface area contributed by atoms with Gasteiger partial charge < -0.3 is 5.32 Å². The Morgan fingerprint density at radius 3 is 2.40 bits per heavy atom. The number of aromatic nitrogens is 2. The maximum absolute atomic E-state index is 13.5. The van der Waals surface area contributed by atoms with Crippen LogP contribution in [0.25, 0.3) is 0 Å². The highest BCUT2D eigenvalue weighted by atomic mass is 35.5. The number of aryl methyl sites for hydroxylation is 1. The predicted molar refractivity (Wildman–Crippen MR) is 120 cm³/mol. The number of carbonyl (C=O) groups is 2. The molecule has 0 aliphatic carbocycles. The lowest BCUT2D eigenvalue weighted by Crippen LogP contribution is -2.49. The number of amides is 2. The van der Waals surface area contributed by atoms with Gasteiger partial charge in [0.05, 0.1) is 0 Å². The highest BCUT2D eigenvalue weighted by molar-refractivity contribution is 7.03. The molecule has 1 unspecified atom stereocenters. The number of nitrogens with zero attached hydrogens (tertiary/aromatic N) is 3. The molecule has 2 amide bonds. The lowest BCUT2D eigenvalue weighted by molar-refractivity contribution is -0.123. The molecule has 8 heteroatoms. The number of rotatable bonds is 5. The normalized spacial score (nSPS) is 12.3. The second kappa shape index (κ2) is 8.93. The highest BCUT2D eigenvalue weighted by Gasteiger charge is 2.35. The van der Waals surface area contributed by atoms with Gasteiger partial charge in [0, 0.05) is 21.6 Å². The van der Waals surface area contributed by atoms with Crippen molar-refractivity contribution in [3.8, 4) is 0 Å². The first-order valence-electron chi connectivity index (χ1n) is 9.40. The van der Waals surface area contributed by atoms with Crippen LogP contribution in [0.3, 0.4) is 0 Å². The summed E-state index contributed by atoms with van der Waals surface area (Å²) < 4.78 is 3.80. The van der Waals surface area contributed by atoms with Gasteiger partial charge in [0.25, 0.3) is 5.91 Å². The minimum Gasteiger partial charge on any atom is -0.349 e. The Hall–Kier alpha value is -2.77. The van der Waals surface area contributed by atoms with E-state index in [-0.39, 0.29) is 11.6 Å². The third kappa shape index (κ3) is 5.23. The first-order valence-corrected chi connectivity index (χ1v) is 10.6. The van der Waals surface area contributed by atoms with Gasteiger partial charge in [-0.2, -0.15) is 0 Å². The summed E-state index contributed by atoms with van der Waals surface area (Å²) in [4.78, 5) is 28.3. The summed E-state index contributed by atoms with van der Waals surface area (Å²) in [5.41, 5.74) is 1.92. The van der Waals surface area contributed by atoms with Crippen molar-refractivity contribution in [3.05, 3.63) is 75.8 Å². The van der Waals surface area contributed by atoms with Crippen molar-refractivity contribution >= 4 is 40.6 Å². The zero-order chi connectivity index (χ0) is 21.9. The molecule has 1 atom stereocenters. The molecular weight excluding hydrogens is 420 g/mol. The van der Waals surface area contributed by atoms with Crippen LogP contribution in [0.2, 0.25) is 5.02 Å². The van der Waals surface area contributed by atoms with Gasteiger partial charge in [-0.05, 0) is 63.0 Å². The maximum Gasteiger partial charge on any atom is 0.280 e. The van der Waals surface area contributed by atoms with Crippen molar-refractivity contribution in [2.24, 2.45) is 0 Å². The van der Waals surface area contributed by atoms with E-state index in [0.717, 1.165) is 17.1 Å². The molecule has 30 heavy (non-hydrogen) atoms. The number of anilines is 1. The van der Waals surface area contributed by atoms with Crippen molar-refractivity contribution in [1.29, 1.82) is 0 Å². The van der Waals surface area contributed by atoms with Gasteiger partial charge in [-0.25, -0.2) is 0 Å². The quantitative estimate of drug-likeness (QED) is 0.615. The van der Waals surface area contributed by atoms with Crippen molar-refractivity contribution < 1.29 is 9.59 Å². The maximum atomic E-state index is 13.5. The lowest BCUT2D eigenvalue weighted by Gasteiger charge is -2.33. The van der Waals surface area contributed by atoms with Gasteiger partial charge in [0.1, 0.15) is 6.04 Å². The first kappa shape index (κ1) is 21.9. The molecular formula is C22H23ClN4O2S. The van der Waals surface area contributed by atoms with Gasteiger partial charge in [0.2, 0.25) is 5.91 Å². The second-order valence-electron chi connectivity index (χ2n) is 8.00. The zero-order valence-corrected chi connectivity index (χ0v) is 18.8. The third-order valence-corrected chi connectivity index (χ3v) is 5.02. The SMILES string of the molecule is Cc1ccc(C(C(=O)NC(C)(C)C)N(C(=O)c2csnn2)c2cccc(Cl)c2)cc1. The molecule has 0 aliphatic heterocycles. The van der Waals surface area contributed by atoms with E-state index in [4.69, 9.17) is 11.6 Å². The minimum atomic E-state index is -0.919. The Morgan fingerprint density at radius 1 is 1.13 bits per heavy atom. The number of hydrogen-bond donors (Lipinski definition) is 1. The summed E-state index contributed by atoms with van der Waals surface area (Å²) in [5.74, 6) is -0.733. The number of benzene rings is 2. The Morgan fingerprint density at radius 2 is 1.83 bits per heavy atom. The standard InChI is InChI=1S/C22H23ClN4O2S/c1-14-8-10-15(11-9-14)19(20(28)24-22(2,3)4)27(17-7-5-6-16(23)12-17)21(29)18-13-30-26-25-18/h5-13,19H,1-4H3,(H,24,28). The van der Waals surface area contributed by atoms with Crippen molar-refractivity contribution in [3.63, 3.8) is 0 Å². The molecule has 1 heterocycles. The van der Waals surface area contributed by atoms with Crippen molar-refractivity contribution in [2.45, 2.75) is 39.3 Å². The van der Waals surface area contributed by atoms with E-state index in [1.165, 1.54) is 4.90 Å². The van der Waals surface area contributed by atoms with E-state index in [9.17, 15) is 9.59 Å². The molecule has 6 nitrogen and oxygen atoms in total. The molecule has 0 spiro atoms. The van der Waals surface area contributed by atoms with Gasteiger partial charge in [0.15, 0.2) is 5.69 Å². The van der Waals surface area contributed by atoms with Crippen LogP contribution in [0.15, 0.2) is 53.9 Å². The molecule has 156 valence electrons. The van der Waals surface area contributed by atoms with Crippen LogP contribution in [0, 0.1) is 6.92 Å². The monoisotopic (exact) mass is 442 g/mol. The molecule has 0 bridgehead atoms. The summed E-state index contributed by atoms with van der Waals surface area (Å²) in [6.07, 6.45) is 0. The predicted octanol–water partition coefficient (Wildman–Crippen LogP) is 4.80. The molecule has 1 aromatic heterocycles. The van der Waals surface area contributed by atoms with Gasteiger partial charge >= 0.3 is 0 Å². The number of hydrogen-bond acceptors (Lipinski definition) is 5. The van der Waals surface area contributed by atoms with Gasteiger partial charge in [-0.3, -0.25) is 14.5 Å². The summed E-state index contributed by atoms with van der Waals surface area (Å²) in [6.45, 7) is 7.65. The smallest absolute Gasteiger partial charge is 0.280 e. The largest absolute Gasteiger partial charge is 0.349 e. The molecule has 0 aliphatic rings. The molecule has 3 aromatic rings. The second-order valence-corrected chi connectivity index (χ2v) is 9.04. The van der Waals surface area contributed by atoms with Gasteiger partial charge in [-0.15, -0.1) is 5.10 Å². The topological polar surface area (TPSA) is 75.2 Å². The van der Waals surface area contributed by atoms with Crippen LogP contribution in [0.5, 0.6) is 0 Å². The van der Waals surface area contributed by atoms with Gasteiger partial charge in [-0.1, -0.05) is 52.0 Å². The molecule has 0 saturated heterocycles. The number of carbonyl (C=O) groups excluding carboxylic acids is 2. The fourth-order valence-corrected chi connectivity index (χ4v) is 3.61. The van der Waals surface area contributed by atoms with Crippen LogP contribution < -0.4 is 10.2 Å². The molecule has 3 rings (SSSR count). The highest BCUT2D eigenvalue weighted by Crippen LogP contribution is 2.31. The molecule has 0 saturated carbocycles. The summed E-state index contributed by atoms with van der Waals surface area (Å²) >= 11 is 7.29. The van der Waals surface area contributed by atoms with Crippen LogP contribution >= 0.6 is 23.1 Å². The van der Waals surface area contributed by atoms with Crippen molar-refractivity contribution in [1.82, 2.24) is 14.9 Å². The lowest BCUT2D eigenvalue weighted by atomic mass is 9.99. The van der Waals surface area contributed by atoms with E-state index >= 15 is 0 Å². The first-order chi connectivity index (χ1) is 14.2. The van der Waals surface area contributed by atoms with E-state index in [1.807, 2.05) is 52.0 Å². The molecule has 2 aromatic carbocycles. The fraction of sp³-hybridized carbons (Fsp3) is 0.273. The van der Waals surface area contributed by atoms with E-state index < -0.39 is 17.5 Å². The summed E-state index contributed by atoms with van der Waals surface area (Å²) in [5, 5.41) is 8.94.